The zero-order valence-corrected chi connectivity index (χ0v) is 9.59. The van der Waals surface area contributed by atoms with E-state index in [2.05, 4.69) is 15.5 Å². The molecule has 0 aliphatic heterocycles. The third kappa shape index (κ3) is 1.41. The van der Waals surface area contributed by atoms with Gasteiger partial charge in [-0.15, -0.1) is 5.10 Å². The van der Waals surface area contributed by atoms with Gasteiger partial charge in [0.05, 0.1) is 16.1 Å². The summed E-state index contributed by atoms with van der Waals surface area (Å²) in [6.45, 7) is 0. The lowest BCUT2D eigenvalue weighted by Gasteiger charge is -2.05. The molecule has 2 N–H and O–H groups in total. The van der Waals surface area contributed by atoms with E-state index in [9.17, 15) is 4.79 Å². The third-order valence-electron chi connectivity index (χ3n) is 2.59. The molecule has 0 aliphatic rings. The van der Waals surface area contributed by atoms with Crippen LogP contribution in [0.2, 0.25) is 5.02 Å². The Labute approximate surface area is 105 Å². The van der Waals surface area contributed by atoms with Crippen LogP contribution in [0.3, 0.4) is 0 Å². The fourth-order valence-electron chi connectivity index (χ4n) is 1.82. The molecule has 0 atom stereocenters. The highest BCUT2D eigenvalue weighted by atomic mass is 35.5. The first-order chi connectivity index (χ1) is 8.72. The van der Waals surface area contributed by atoms with Crippen molar-refractivity contribution in [2.75, 3.05) is 0 Å². The van der Waals surface area contributed by atoms with Gasteiger partial charge in [-0.25, -0.2) is 5.48 Å². The molecule has 0 fully saturated rings. The SMILES string of the molecule is O=C(NO)c1cc2cccc(Cl)c2n2nnnc12. The van der Waals surface area contributed by atoms with Crippen LogP contribution in [0, 0.1) is 0 Å². The minimum atomic E-state index is -0.684. The zero-order valence-electron chi connectivity index (χ0n) is 8.83. The summed E-state index contributed by atoms with van der Waals surface area (Å²) in [4.78, 5) is 11.6. The van der Waals surface area contributed by atoms with Gasteiger partial charge >= 0.3 is 0 Å². The Kier molecular flexibility index (Phi) is 2.35. The van der Waals surface area contributed by atoms with Gasteiger partial charge in [0.1, 0.15) is 0 Å². The Balaban J connectivity index is 2.51. The molecule has 2 heterocycles. The number of halogens is 1. The van der Waals surface area contributed by atoms with Gasteiger partial charge in [-0.2, -0.15) is 4.52 Å². The molecule has 90 valence electrons. The van der Waals surface area contributed by atoms with Crippen LogP contribution in [0.1, 0.15) is 10.4 Å². The van der Waals surface area contributed by atoms with Crippen LogP contribution in [-0.4, -0.2) is 31.2 Å². The van der Waals surface area contributed by atoms with Crippen molar-refractivity contribution in [3.05, 3.63) is 34.9 Å². The molecule has 0 saturated carbocycles. The number of nitrogens with one attached hydrogen (secondary N) is 1. The normalized spacial score (nSPS) is 11.0. The Morgan fingerprint density at radius 3 is 3.06 bits per heavy atom. The first-order valence-corrected chi connectivity index (χ1v) is 5.34. The van der Waals surface area contributed by atoms with Gasteiger partial charge in [-0.3, -0.25) is 10.0 Å². The Hall–Kier alpha value is -2.25. The molecule has 2 aromatic heterocycles. The number of para-hydroxylation sites is 1. The van der Waals surface area contributed by atoms with Crippen molar-refractivity contribution in [1.29, 1.82) is 0 Å². The summed E-state index contributed by atoms with van der Waals surface area (Å²) in [5, 5.41) is 20.9. The van der Waals surface area contributed by atoms with E-state index in [0.29, 0.717) is 15.9 Å². The number of aromatic nitrogens is 4. The average Bonchev–Trinajstić information content (AvgIpc) is 2.86. The van der Waals surface area contributed by atoms with Gasteiger partial charge < -0.3 is 0 Å². The largest absolute Gasteiger partial charge is 0.288 e. The van der Waals surface area contributed by atoms with Crippen LogP contribution in [0.4, 0.5) is 0 Å². The lowest BCUT2D eigenvalue weighted by atomic mass is 10.1. The standard InChI is InChI=1S/C10H6ClN5O2/c11-7-3-1-2-5-4-6(10(17)13-18)9-12-14-15-16(9)8(5)7/h1-4,18H,(H,13,17). The number of hydrogen-bond acceptors (Lipinski definition) is 5. The quantitative estimate of drug-likeness (QED) is 0.506. The number of rotatable bonds is 1. The second-order valence-corrected chi connectivity index (χ2v) is 4.00. The number of carbonyl (C=O) groups is 1. The Bertz CT molecular complexity index is 769. The van der Waals surface area contributed by atoms with Gasteiger partial charge in [-0.1, -0.05) is 23.7 Å². The first kappa shape index (κ1) is 10.9. The predicted molar refractivity (Wildman–Crippen MR) is 62.6 cm³/mol. The number of benzene rings is 1. The number of nitrogens with zero attached hydrogens (tertiary/aromatic N) is 4. The highest BCUT2D eigenvalue weighted by Crippen LogP contribution is 2.25. The van der Waals surface area contributed by atoms with Crippen molar-refractivity contribution in [3.8, 4) is 0 Å². The smallest absolute Gasteiger partial charge is 0.278 e. The van der Waals surface area contributed by atoms with Crippen molar-refractivity contribution >= 4 is 34.1 Å². The third-order valence-corrected chi connectivity index (χ3v) is 2.89. The molecule has 0 saturated heterocycles. The molecular weight excluding hydrogens is 258 g/mol. The molecular formula is C10H6ClN5O2. The lowest BCUT2D eigenvalue weighted by Crippen LogP contribution is -2.19. The zero-order chi connectivity index (χ0) is 12.7. The molecule has 18 heavy (non-hydrogen) atoms. The summed E-state index contributed by atoms with van der Waals surface area (Å²) in [6.07, 6.45) is 0. The summed E-state index contributed by atoms with van der Waals surface area (Å²) in [7, 11) is 0. The minimum Gasteiger partial charge on any atom is -0.288 e. The maximum Gasteiger partial charge on any atom is 0.278 e. The molecule has 7 nitrogen and oxygen atoms in total. The van der Waals surface area contributed by atoms with E-state index >= 15 is 0 Å². The monoisotopic (exact) mass is 263 g/mol. The van der Waals surface area contributed by atoms with Gasteiger partial charge in [0.2, 0.25) is 0 Å². The summed E-state index contributed by atoms with van der Waals surface area (Å²) in [5.41, 5.74) is 2.56. The summed E-state index contributed by atoms with van der Waals surface area (Å²) >= 11 is 6.09. The molecule has 3 aromatic rings. The summed E-state index contributed by atoms with van der Waals surface area (Å²) < 4.78 is 1.36. The lowest BCUT2D eigenvalue weighted by molar-refractivity contribution is 0.0707. The molecule has 8 heteroatoms. The molecule has 3 rings (SSSR count). The first-order valence-electron chi connectivity index (χ1n) is 4.96. The minimum absolute atomic E-state index is 0.164. The fourth-order valence-corrected chi connectivity index (χ4v) is 2.09. The van der Waals surface area contributed by atoms with Crippen molar-refractivity contribution < 1.29 is 10.0 Å². The molecule has 0 aliphatic carbocycles. The van der Waals surface area contributed by atoms with E-state index in [1.54, 1.807) is 29.7 Å². The van der Waals surface area contributed by atoms with E-state index < -0.39 is 5.91 Å². The van der Waals surface area contributed by atoms with Crippen LogP contribution in [0.5, 0.6) is 0 Å². The van der Waals surface area contributed by atoms with Gasteiger partial charge in [0.25, 0.3) is 5.91 Å². The number of pyridine rings is 1. The van der Waals surface area contributed by atoms with Crippen LogP contribution >= 0.6 is 11.6 Å². The molecule has 1 aromatic carbocycles. The van der Waals surface area contributed by atoms with Crippen LogP contribution in [-0.2, 0) is 0 Å². The van der Waals surface area contributed by atoms with E-state index in [0.717, 1.165) is 0 Å². The summed E-state index contributed by atoms with van der Waals surface area (Å²) in [5.74, 6) is -0.684. The predicted octanol–water partition coefficient (Wildman–Crippen LogP) is 1.05. The molecule has 0 bridgehead atoms. The van der Waals surface area contributed by atoms with E-state index in [1.807, 2.05) is 0 Å². The van der Waals surface area contributed by atoms with E-state index in [1.165, 1.54) is 4.52 Å². The second-order valence-electron chi connectivity index (χ2n) is 3.59. The van der Waals surface area contributed by atoms with Crippen molar-refractivity contribution in [1.82, 2.24) is 25.5 Å². The van der Waals surface area contributed by atoms with Gasteiger partial charge in [-0.05, 0) is 22.6 Å². The Morgan fingerprint density at radius 1 is 1.44 bits per heavy atom. The highest BCUT2D eigenvalue weighted by Gasteiger charge is 2.16. The van der Waals surface area contributed by atoms with Gasteiger partial charge in [0, 0.05) is 5.39 Å². The van der Waals surface area contributed by atoms with Crippen LogP contribution in [0.25, 0.3) is 16.6 Å². The average molecular weight is 264 g/mol. The van der Waals surface area contributed by atoms with Gasteiger partial charge in [0.15, 0.2) is 5.65 Å². The molecule has 1 amide bonds. The molecule has 0 spiro atoms. The number of fused-ring (bicyclic) bond motifs is 3. The van der Waals surface area contributed by atoms with Crippen LogP contribution < -0.4 is 5.48 Å². The fraction of sp³-hybridized carbons (Fsp3) is 0. The van der Waals surface area contributed by atoms with Crippen molar-refractivity contribution in [3.63, 3.8) is 0 Å². The Morgan fingerprint density at radius 2 is 2.28 bits per heavy atom. The maximum absolute atomic E-state index is 11.6. The number of carbonyl (C=O) groups excluding carboxylic acids is 1. The summed E-state index contributed by atoms with van der Waals surface area (Å²) in [6, 6.07) is 6.80. The van der Waals surface area contributed by atoms with E-state index in [4.69, 9.17) is 16.8 Å². The van der Waals surface area contributed by atoms with Crippen molar-refractivity contribution in [2.45, 2.75) is 0 Å². The number of tetrazole rings is 1. The van der Waals surface area contributed by atoms with Crippen molar-refractivity contribution in [2.24, 2.45) is 0 Å². The second kappa shape index (κ2) is 3.90. The topological polar surface area (TPSA) is 92.4 Å². The number of hydrogen-bond donors (Lipinski definition) is 2. The molecule has 0 radical (unpaired) electrons. The number of amides is 1. The maximum atomic E-state index is 11.6. The van der Waals surface area contributed by atoms with Crippen LogP contribution in [0.15, 0.2) is 24.3 Å². The number of hydroxylamine groups is 1. The van der Waals surface area contributed by atoms with E-state index in [-0.39, 0.29) is 11.2 Å². The highest BCUT2D eigenvalue weighted by molar-refractivity contribution is 6.35. The molecule has 0 unspecified atom stereocenters.